The molecule has 2 aliphatic heterocycles. The van der Waals surface area contributed by atoms with E-state index < -0.39 is 47.0 Å². The van der Waals surface area contributed by atoms with E-state index in [1.807, 2.05) is 78.9 Å². The SMILES string of the molecule is COC[C@H]1O[C@H]2[C@H](n3ccc(=O)[nH]c3=O)O[C@]1(COC(c1ccccc1)(c1ccc(OC)cc1)c1ccc(OC)cc1)[C@H]2O. The predicted octanol–water partition coefficient (Wildman–Crippen LogP) is 2.60. The minimum absolute atomic E-state index is 0.105. The van der Waals surface area contributed by atoms with Gasteiger partial charge >= 0.3 is 5.69 Å². The van der Waals surface area contributed by atoms with E-state index in [-0.39, 0.29) is 13.2 Å². The minimum Gasteiger partial charge on any atom is -0.497 e. The minimum atomic E-state index is -1.43. The molecule has 44 heavy (non-hydrogen) atoms. The number of nitrogens with zero attached hydrogens (tertiary/aromatic N) is 1. The lowest BCUT2D eigenvalue weighted by molar-refractivity contribution is -0.244. The number of hydrogen-bond acceptors (Lipinski definition) is 9. The van der Waals surface area contributed by atoms with Gasteiger partial charge in [0.2, 0.25) is 0 Å². The van der Waals surface area contributed by atoms with Gasteiger partial charge in [0.15, 0.2) is 11.8 Å². The van der Waals surface area contributed by atoms with Crippen LogP contribution in [0.2, 0.25) is 0 Å². The van der Waals surface area contributed by atoms with Crippen LogP contribution in [0.25, 0.3) is 0 Å². The van der Waals surface area contributed by atoms with Crippen molar-refractivity contribution in [2.75, 3.05) is 34.5 Å². The number of H-pyrrole nitrogens is 1. The standard InChI is InChI=1S/C33H34N2O9/c1-39-19-26-32(29(37)28(43-26)30(44-32)35-18-17-27(36)34-31(35)38)20-42-33(21-7-5-4-6-8-21,22-9-13-24(40-2)14-10-22)23-11-15-25(41-3)16-12-23/h4-18,26,28-30,37H,19-20H2,1-3H3,(H,34,36,38)/t26-,28-,29+,30-,32+/m1/s1. The highest BCUT2D eigenvalue weighted by Gasteiger charge is 2.67. The number of rotatable bonds is 11. The Hall–Kier alpha value is -4.26. The molecule has 11 heteroatoms. The largest absolute Gasteiger partial charge is 0.497 e. The quantitative estimate of drug-likeness (QED) is 0.249. The van der Waals surface area contributed by atoms with Gasteiger partial charge in [0.05, 0.1) is 27.4 Å². The van der Waals surface area contributed by atoms with Crippen molar-refractivity contribution in [3.8, 4) is 11.5 Å². The van der Waals surface area contributed by atoms with Crippen molar-refractivity contribution >= 4 is 0 Å². The van der Waals surface area contributed by atoms with Gasteiger partial charge in [-0.15, -0.1) is 0 Å². The summed E-state index contributed by atoms with van der Waals surface area (Å²) in [5.74, 6) is 1.36. The van der Waals surface area contributed by atoms with Crippen LogP contribution < -0.4 is 20.7 Å². The van der Waals surface area contributed by atoms with E-state index in [9.17, 15) is 14.7 Å². The molecule has 0 spiro atoms. The molecular formula is C33H34N2O9. The molecule has 0 unspecified atom stereocenters. The number of fused-ring (bicyclic) bond motifs is 2. The van der Waals surface area contributed by atoms with Crippen molar-refractivity contribution in [3.63, 3.8) is 0 Å². The first kappa shape index (κ1) is 29.8. The number of nitrogens with one attached hydrogen (secondary N) is 1. The van der Waals surface area contributed by atoms with Gasteiger partial charge in [-0.2, -0.15) is 0 Å². The fourth-order valence-corrected chi connectivity index (χ4v) is 6.19. The zero-order chi connectivity index (χ0) is 30.9. The van der Waals surface area contributed by atoms with E-state index in [1.54, 1.807) is 14.2 Å². The Kier molecular flexibility index (Phi) is 8.14. The van der Waals surface area contributed by atoms with E-state index in [0.717, 1.165) is 16.7 Å². The Balaban J connectivity index is 1.48. The molecule has 2 aliphatic rings. The second-order valence-electron chi connectivity index (χ2n) is 10.8. The molecular weight excluding hydrogens is 568 g/mol. The number of aliphatic hydroxyl groups excluding tert-OH is 1. The van der Waals surface area contributed by atoms with Crippen LogP contribution in [0, 0.1) is 0 Å². The van der Waals surface area contributed by atoms with E-state index >= 15 is 0 Å². The summed E-state index contributed by atoms with van der Waals surface area (Å²) in [6.45, 7) is -0.0478. The van der Waals surface area contributed by atoms with Gasteiger partial charge in [0.1, 0.15) is 35.4 Å². The zero-order valence-electron chi connectivity index (χ0n) is 24.5. The van der Waals surface area contributed by atoms with Crippen LogP contribution in [-0.4, -0.2) is 73.1 Å². The molecule has 6 rings (SSSR count). The Labute approximate surface area is 253 Å². The lowest BCUT2D eigenvalue weighted by Crippen LogP contribution is -2.55. The smallest absolute Gasteiger partial charge is 0.330 e. The van der Waals surface area contributed by atoms with Gasteiger partial charge < -0.3 is 33.5 Å². The van der Waals surface area contributed by atoms with Crippen molar-refractivity contribution in [1.82, 2.24) is 9.55 Å². The van der Waals surface area contributed by atoms with Crippen molar-refractivity contribution in [2.45, 2.75) is 35.7 Å². The maximum atomic E-state index is 12.7. The lowest BCUT2D eigenvalue weighted by atomic mass is 9.79. The van der Waals surface area contributed by atoms with E-state index in [0.29, 0.717) is 11.5 Å². The summed E-state index contributed by atoms with van der Waals surface area (Å²) in [5, 5.41) is 11.7. The molecule has 2 saturated heterocycles. The number of aromatic amines is 1. The van der Waals surface area contributed by atoms with Crippen molar-refractivity contribution in [1.29, 1.82) is 0 Å². The summed E-state index contributed by atoms with van der Waals surface area (Å²) < 4.78 is 37.4. The highest BCUT2D eigenvalue weighted by Crippen LogP contribution is 2.51. The summed E-state index contributed by atoms with van der Waals surface area (Å²) in [6, 6.07) is 26.1. The zero-order valence-corrected chi connectivity index (χ0v) is 24.5. The molecule has 1 aromatic heterocycles. The molecule has 0 amide bonds. The predicted molar refractivity (Wildman–Crippen MR) is 159 cm³/mol. The molecule has 4 aromatic rings. The molecule has 3 aromatic carbocycles. The number of benzene rings is 3. The Bertz CT molecular complexity index is 1640. The Morgan fingerprint density at radius 2 is 1.45 bits per heavy atom. The molecule has 3 heterocycles. The Morgan fingerprint density at radius 3 is 2.00 bits per heavy atom. The fourth-order valence-electron chi connectivity index (χ4n) is 6.19. The van der Waals surface area contributed by atoms with Crippen LogP contribution >= 0.6 is 0 Å². The van der Waals surface area contributed by atoms with Gasteiger partial charge in [-0.3, -0.25) is 14.3 Å². The second kappa shape index (κ2) is 12.0. The highest BCUT2D eigenvalue weighted by atomic mass is 16.7. The molecule has 5 atom stereocenters. The molecule has 0 saturated carbocycles. The second-order valence-corrected chi connectivity index (χ2v) is 10.8. The first-order valence-corrected chi connectivity index (χ1v) is 14.2. The molecule has 2 N–H and O–H groups in total. The van der Waals surface area contributed by atoms with Crippen molar-refractivity contribution in [3.05, 3.63) is 129 Å². The average molecular weight is 603 g/mol. The first-order chi connectivity index (χ1) is 21.4. The summed E-state index contributed by atoms with van der Waals surface area (Å²) >= 11 is 0. The maximum absolute atomic E-state index is 12.7. The average Bonchev–Trinajstić information content (AvgIpc) is 3.48. The molecule has 0 radical (unpaired) electrons. The van der Waals surface area contributed by atoms with Gasteiger partial charge in [-0.05, 0) is 41.0 Å². The van der Waals surface area contributed by atoms with Crippen molar-refractivity contribution in [2.24, 2.45) is 0 Å². The van der Waals surface area contributed by atoms with Gasteiger partial charge in [0.25, 0.3) is 5.56 Å². The third-order valence-corrected chi connectivity index (χ3v) is 8.43. The van der Waals surface area contributed by atoms with Crippen LogP contribution in [0.3, 0.4) is 0 Å². The Morgan fingerprint density at radius 1 is 0.864 bits per heavy atom. The van der Waals surface area contributed by atoms with E-state index in [2.05, 4.69) is 4.98 Å². The molecule has 2 fully saturated rings. The molecule has 11 nitrogen and oxygen atoms in total. The monoisotopic (exact) mass is 602 g/mol. The lowest BCUT2D eigenvalue weighted by Gasteiger charge is -2.42. The highest BCUT2D eigenvalue weighted by molar-refractivity contribution is 5.49. The first-order valence-electron chi connectivity index (χ1n) is 14.2. The van der Waals surface area contributed by atoms with Crippen LogP contribution in [0.15, 0.2) is 101 Å². The van der Waals surface area contributed by atoms with E-state index in [1.165, 1.54) is 23.9 Å². The fraction of sp³-hybridized carbons (Fsp3) is 0.333. The summed E-state index contributed by atoms with van der Waals surface area (Å²) in [4.78, 5) is 26.7. The molecule has 2 bridgehead atoms. The van der Waals surface area contributed by atoms with Crippen molar-refractivity contribution < 1.29 is 33.5 Å². The van der Waals surface area contributed by atoms with Crippen LogP contribution in [0.1, 0.15) is 22.9 Å². The van der Waals surface area contributed by atoms with Gasteiger partial charge in [0, 0.05) is 19.4 Å². The summed E-state index contributed by atoms with van der Waals surface area (Å²) in [6.07, 6.45) is -2.52. The van der Waals surface area contributed by atoms with Gasteiger partial charge in [-0.25, -0.2) is 4.79 Å². The van der Waals surface area contributed by atoms with Crippen LogP contribution in [0.4, 0.5) is 0 Å². The number of aromatic nitrogens is 2. The number of hydrogen-bond donors (Lipinski definition) is 2. The normalized spacial score (nSPS) is 24.4. The van der Waals surface area contributed by atoms with Gasteiger partial charge in [-0.1, -0.05) is 54.6 Å². The summed E-state index contributed by atoms with van der Waals surface area (Å²) in [7, 11) is 4.74. The maximum Gasteiger partial charge on any atom is 0.330 e. The summed E-state index contributed by atoms with van der Waals surface area (Å²) in [5.41, 5.74) is -1.43. The molecule has 0 aliphatic carbocycles. The number of methoxy groups -OCH3 is 3. The third kappa shape index (κ3) is 4.92. The molecule has 230 valence electrons. The third-order valence-electron chi connectivity index (χ3n) is 8.43. The van der Waals surface area contributed by atoms with Crippen LogP contribution in [0.5, 0.6) is 11.5 Å². The van der Waals surface area contributed by atoms with Crippen LogP contribution in [-0.2, 0) is 24.5 Å². The van der Waals surface area contributed by atoms with E-state index in [4.69, 9.17) is 28.4 Å². The topological polar surface area (TPSA) is 130 Å². The number of ether oxygens (including phenoxy) is 6. The number of aliphatic hydroxyl groups is 1.